The van der Waals surface area contributed by atoms with Crippen LogP contribution in [0.15, 0.2) is 97.2 Å². The van der Waals surface area contributed by atoms with Gasteiger partial charge in [-0.3, -0.25) is 18.6 Å². The van der Waals surface area contributed by atoms with Gasteiger partial charge < -0.3 is 20.1 Å². The van der Waals surface area contributed by atoms with Crippen molar-refractivity contribution >= 4 is 19.8 Å². The number of hydrogen-bond acceptors (Lipinski definition) is 8. The number of carbonyl (C=O) groups excluding carboxylic acids is 2. The van der Waals surface area contributed by atoms with Crippen LogP contribution in [0.25, 0.3) is 0 Å². The lowest BCUT2D eigenvalue weighted by Gasteiger charge is -2.19. The molecule has 0 rings (SSSR count). The number of carbonyl (C=O) groups is 2. The molecule has 3 N–H and O–H groups in total. The fourth-order valence-corrected chi connectivity index (χ4v) is 5.67. The molecule has 0 aliphatic carbocycles. The molecule has 0 aromatic heterocycles. The van der Waals surface area contributed by atoms with E-state index in [-0.39, 0.29) is 32.6 Å². The number of phosphoric ester groups is 1. The normalized spacial score (nSPS) is 14.3. The third-order valence-electron chi connectivity index (χ3n) is 7.95. The monoisotopic (exact) mass is 788 g/mol. The van der Waals surface area contributed by atoms with Crippen LogP contribution in [0.5, 0.6) is 0 Å². The van der Waals surface area contributed by atoms with E-state index in [9.17, 15) is 19.0 Å². The van der Waals surface area contributed by atoms with E-state index in [1.165, 1.54) is 25.7 Å². The number of allylic oxidation sites excluding steroid dienone is 16. The van der Waals surface area contributed by atoms with Crippen molar-refractivity contribution in [3.63, 3.8) is 0 Å². The van der Waals surface area contributed by atoms with Gasteiger partial charge in [0.05, 0.1) is 13.2 Å². The Morgan fingerprint density at radius 3 is 1.53 bits per heavy atom. The van der Waals surface area contributed by atoms with E-state index in [4.69, 9.17) is 24.3 Å². The first-order valence-corrected chi connectivity index (χ1v) is 22.2. The molecule has 0 aliphatic rings. The summed E-state index contributed by atoms with van der Waals surface area (Å²) in [5.74, 6) is -0.934. The van der Waals surface area contributed by atoms with Crippen molar-refractivity contribution in [1.82, 2.24) is 0 Å². The molecule has 312 valence electrons. The molecule has 1 unspecified atom stereocenters. The van der Waals surface area contributed by atoms with Crippen LogP contribution in [-0.4, -0.2) is 49.3 Å². The highest BCUT2D eigenvalue weighted by atomic mass is 31.2. The first-order chi connectivity index (χ1) is 26.8. The molecule has 0 fully saturated rings. The molecule has 2 atom stereocenters. The van der Waals surface area contributed by atoms with Crippen molar-refractivity contribution in [2.24, 2.45) is 5.73 Å². The molecule has 9 nitrogen and oxygen atoms in total. The maximum Gasteiger partial charge on any atom is 0.472 e. The molecule has 55 heavy (non-hydrogen) atoms. The van der Waals surface area contributed by atoms with E-state index in [2.05, 4.69) is 105 Å². The number of esters is 2. The average Bonchev–Trinajstić information content (AvgIpc) is 3.17. The van der Waals surface area contributed by atoms with Crippen LogP contribution in [0.2, 0.25) is 0 Å². The zero-order valence-corrected chi connectivity index (χ0v) is 35.0. The first kappa shape index (κ1) is 51.9. The molecule has 0 spiro atoms. The van der Waals surface area contributed by atoms with E-state index in [0.29, 0.717) is 12.8 Å². The fraction of sp³-hybridized carbons (Fsp3) is 0.600. The quantitative estimate of drug-likeness (QED) is 0.0273. The molecular formula is C45H74NO8P. The highest BCUT2D eigenvalue weighted by Gasteiger charge is 2.25. The van der Waals surface area contributed by atoms with Crippen molar-refractivity contribution in [2.75, 3.05) is 26.4 Å². The first-order valence-electron chi connectivity index (χ1n) is 20.7. The third kappa shape index (κ3) is 40.4. The minimum absolute atomic E-state index is 0.0363. The Balaban J connectivity index is 4.35. The zero-order chi connectivity index (χ0) is 40.3. The lowest BCUT2D eigenvalue weighted by molar-refractivity contribution is -0.161. The molecular weight excluding hydrogens is 713 g/mol. The van der Waals surface area contributed by atoms with Gasteiger partial charge in [-0.1, -0.05) is 137 Å². The van der Waals surface area contributed by atoms with E-state index in [1.807, 2.05) is 6.08 Å². The Morgan fingerprint density at radius 2 is 1.02 bits per heavy atom. The minimum Gasteiger partial charge on any atom is -0.462 e. The van der Waals surface area contributed by atoms with Gasteiger partial charge in [-0.15, -0.1) is 0 Å². The third-order valence-corrected chi connectivity index (χ3v) is 8.94. The molecule has 0 saturated heterocycles. The summed E-state index contributed by atoms with van der Waals surface area (Å²) in [5.41, 5.74) is 5.34. The van der Waals surface area contributed by atoms with Gasteiger partial charge in [-0.05, 0) is 89.9 Å². The zero-order valence-electron chi connectivity index (χ0n) is 34.1. The number of hydrogen-bond donors (Lipinski definition) is 2. The summed E-state index contributed by atoms with van der Waals surface area (Å²) in [6.45, 7) is 3.47. The van der Waals surface area contributed by atoms with Crippen molar-refractivity contribution in [1.29, 1.82) is 0 Å². The van der Waals surface area contributed by atoms with Crippen molar-refractivity contribution in [2.45, 2.75) is 148 Å². The van der Waals surface area contributed by atoms with Crippen LogP contribution < -0.4 is 5.73 Å². The van der Waals surface area contributed by atoms with Crippen LogP contribution in [-0.2, 0) is 32.7 Å². The van der Waals surface area contributed by atoms with Crippen LogP contribution >= 0.6 is 7.82 Å². The summed E-state index contributed by atoms with van der Waals surface area (Å²) in [6.07, 6.45) is 51.5. The van der Waals surface area contributed by atoms with Crippen LogP contribution in [0.3, 0.4) is 0 Å². The van der Waals surface area contributed by atoms with Gasteiger partial charge in [0.15, 0.2) is 6.10 Å². The lowest BCUT2D eigenvalue weighted by Crippen LogP contribution is -2.29. The second-order valence-electron chi connectivity index (χ2n) is 13.1. The van der Waals surface area contributed by atoms with Gasteiger partial charge in [0.1, 0.15) is 6.61 Å². The van der Waals surface area contributed by atoms with Gasteiger partial charge in [-0.2, -0.15) is 0 Å². The van der Waals surface area contributed by atoms with Crippen LogP contribution in [0.4, 0.5) is 0 Å². The van der Waals surface area contributed by atoms with Crippen molar-refractivity contribution < 1.29 is 37.6 Å². The lowest BCUT2D eigenvalue weighted by atomic mass is 10.1. The molecule has 0 bridgehead atoms. The minimum atomic E-state index is -4.40. The number of unbranched alkanes of at least 4 members (excludes halogenated alkanes) is 8. The molecule has 0 saturated carbocycles. The number of phosphoric acid groups is 1. The van der Waals surface area contributed by atoms with E-state index in [1.54, 1.807) is 0 Å². The van der Waals surface area contributed by atoms with E-state index in [0.717, 1.165) is 77.0 Å². The molecule has 0 amide bonds. The van der Waals surface area contributed by atoms with Crippen LogP contribution in [0.1, 0.15) is 142 Å². The van der Waals surface area contributed by atoms with Crippen molar-refractivity contribution in [3.8, 4) is 0 Å². The maximum absolute atomic E-state index is 12.6. The summed E-state index contributed by atoms with van der Waals surface area (Å²) in [6, 6.07) is 0. The summed E-state index contributed by atoms with van der Waals surface area (Å²) < 4.78 is 32.7. The maximum atomic E-state index is 12.6. The second-order valence-corrected chi connectivity index (χ2v) is 14.6. The largest absolute Gasteiger partial charge is 0.472 e. The highest BCUT2D eigenvalue weighted by molar-refractivity contribution is 7.47. The predicted octanol–water partition coefficient (Wildman–Crippen LogP) is 11.8. The summed E-state index contributed by atoms with van der Waals surface area (Å²) in [7, 11) is -4.40. The summed E-state index contributed by atoms with van der Waals surface area (Å²) >= 11 is 0. The van der Waals surface area contributed by atoms with Crippen molar-refractivity contribution in [3.05, 3.63) is 97.2 Å². The molecule has 0 aromatic carbocycles. The number of rotatable bonds is 37. The Bertz CT molecular complexity index is 1220. The molecule has 10 heteroatoms. The molecule has 0 aliphatic heterocycles. The fourth-order valence-electron chi connectivity index (χ4n) is 4.91. The highest BCUT2D eigenvalue weighted by Crippen LogP contribution is 2.43. The van der Waals surface area contributed by atoms with Gasteiger partial charge >= 0.3 is 19.8 Å². The van der Waals surface area contributed by atoms with Crippen LogP contribution in [0, 0.1) is 0 Å². The number of ether oxygens (including phenoxy) is 2. The second kappa shape index (κ2) is 40.6. The Hall–Kier alpha value is -3.07. The SMILES string of the molecule is CC/C=C\C/C=C\C/C=C\C/C=C\C/C=C\CCCC(=O)OC[C@H](COP(=O)(O)OCCN)OC(=O)CCCCCC/C=C\C/C=C\C/C=C\CCCCC. The Labute approximate surface area is 334 Å². The van der Waals surface area contributed by atoms with Gasteiger partial charge in [0, 0.05) is 19.4 Å². The average molecular weight is 788 g/mol. The standard InChI is InChI=1S/C45H74NO8P/c1-3-5-7-9-11-13-15-17-19-21-23-25-27-29-31-33-35-37-44(47)51-41-43(42-53-55(49,50)52-40-39-46)54-45(48)38-36-34-32-30-28-26-24-22-20-18-16-14-12-10-8-6-4-2/h5,7,11-14,17-20,23-26,29,31,43H,3-4,6,8-10,15-16,21-22,27-28,30,32-42,46H2,1-2H3,(H,49,50)/b7-5-,13-11-,14-12-,19-17-,20-18-,25-23-,26-24-,31-29-/t43-/m1/s1. The van der Waals surface area contributed by atoms with E-state index < -0.39 is 32.5 Å². The molecule has 0 aromatic rings. The molecule has 0 radical (unpaired) electrons. The summed E-state index contributed by atoms with van der Waals surface area (Å²) in [4.78, 5) is 34.8. The Kier molecular flexibility index (Phi) is 38.3. The Morgan fingerprint density at radius 1 is 0.564 bits per heavy atom. The van der Waals surface area contributed by atoms with E-state index >= 15 is 0 Å². The van der Waals surface area contributed by atoms with Gasteiger partial charge in [-0.25, -0.2) is 4.57 Å². The van der Waals surface area contributed by atoms with Gasteiger partial charge in [0.2, 0.25) is 0 Å². The van der Waals surface area contributed by atoms with Gasteiger partial charge in [0.25, 0.3) is 0 Å². The smallest absolute Gasteiger partial charge is 0.462 e. The molecule has 0 heterocycles. The predicted molar refractivity (Wildman–Crippen MR) is 228 cm³/mol. The summed E-state index contributed by atoms with van der Waals surface area (Å²) in [5, 5.41) is 0. The number of nitrogens with two attached hydrogens (primary N) is 1. The topological polar surface area (TPSA) is 134 Å².